The van der Waals surface area contributed by atoms with Gasteiger partial charge in [-0.15, -0.1) is 11.6 Å². The lowest BCUT2D eigenvalue weighted by atomic mass is 10.4. The van der Waals surface area contributed by atoms with Gasteiger partial charge in [0.1, 0.15) is 5.82 Å². The van der Waals surface area contributed by atoms with Gasteiger partial charge in [0.2, 0.25) is 0 Å². The first kappa shape index (κ1) is 7.61. The fraction of sp³-hybridized carbons (Fsp3) is 0.571. The van der Waals surface area contributed by atoms with Crippen molar-refractivity contribution in [1.29, 1.82) is 0 Å². The summed E-state index contributed by atoms with van der Waals surface area (Å²) in [6, 6.07) is 0.455. The van der Waals surface area contributed by atoms with Gasteiger partial charge in [-0.25, -0.2) is 4.98 Å². The van der Waals surface area contributed by atoms with E-state index in [1.807, 2.05) is 6.20 Å². The molecule has 0 saturated heterocycles. The zero-order chi connectivity index (χ0) is 7.56. The minimum Gasteiger partial charge on any atom is -0.331 e. The van der Waals surface area contributed by atoms with E-state index in [1.165, 1.54) is 0 Å². The number of alkyl halides is 1. The molecule has 0 radical (unpaired) electrons. The molecule has 0 aliphatic rings. The Kier molecular flexibility index (Phi) is 2.33. The van der Waals surface area contributed by atoms with Crippen molar-refractivity contribution >= 4 is 11.6 Å². The molecule has 1 heterocycles. The number of imidazole rings is 1. The van der Waals surface area contributed by atoms with Crippen molar-refractivity contribution in [2.24, 2.45) is 0 Å². The molecular formula is C7H11ClN2. The molecule has 0 spiro atoms. The molecule has 0 aliphatic carbocycles. The maximum Gasteiger partial charge on any atom is 0.123 e. The minimum absolute atomic E-state index is 0.455. The highest BCUT2D eigenvalue weighted by Crippen LogP contribution is 2.09. The molecule has 0 fully saturated rings. The third-order valence-corrected chi connectivity index (χ3v) is 1.66. The van der Waals surface area contributed by atoms with Crippen molar-refractivity contribution < 1.29 is 0 Å². The lowest BCUT2D eigenvalue weighted by Crippen LogP contribution is -2.03. The van der Waals surface area contributed by atoms with Crippen LogP contribution in [-0.2, 0) is 5.88 Å². The van der Waals surface area contributed by atoms with Gasteiger partial charge in [0.25, 0.3) is 0 Å². The van der Waals surface area contributed by atoms with Crippen LogP contribution < -0.4 is 0 Å². The highest BCUT2D eigenvalue weighted by Gasteiger charge is 2.02. The maximum atomic E-state index is 5.63. The Morgan fingerprint density at radius 2 is 2.40 bits per heavy atom. The lowest BCUT2D eigenvalue weighted by molar-refractivity contribution is 0.580. The Bertz CT molecular complexity index is 205. The molecular weight excluding hydrogens is 148 g/mol. The van der Waals surface area contributed by atoms with Gasteiger partial charge in [0, 0.05) is 18.4 Å². The van der Waals surface area contributed by atoms with Crippen LogP contribution in [0, 0.1) is 0 Å². The van der Waals surface area contributed by atoms with Crippen LogP contribution in [0.5, 0.6) is 0 Å². The first-order valence-electron chi connectivity index (χ1n) is 3.33. The molecule has 0 saturated carbocycles. The average molecular weight is 159 g/mol. The monoisotopic (exact) mass is 158 g/mol. The first-order valence-corrected chi connectivity index (χ1v) is 3.87. The summed E-state index contributed by atoms with van der Waals surface area (Å²) in [5.74, 6) is 1.43. The molecule has 0 N–H and O–H groups in total. The minimum atomic E-state index is 0.455. The smallest absolute Gasteiger partial charge is 0.123 e. The summed E-state index contributed by atoms with van der Waals surface area (Å²) in [5, 5.41) is 0. The van der Waals surface area contributed by atoms with E-state index in [4.69, 9.17) is 11.6 Å². The zero-order valence-corrected chi connectivity index (χ0v) is 6.97. The van der Waals surface area contributed by atoms with Gasteiger partial charge in [0.15, 0.2) is 0 Å². The third-order valence-electron chi connectivity index (χ3n) is 1.42. The van der Waals surface area contributed by atoms with E-state index in [0.717, 1.165) is 5.82 Å². The Morgan fingerprint density at radius 1 is 1.70 bits per heavy atom. The number of hydrogen-bond donors (Lipinski definition) is 0. The molecule has 2 nitrogen and oxygen atoms in total. The summed E-state index contributed by atoms with van der Waals surface area (Å²) >= 11 is 5.63. The number of hydrogen-bond acceptors (Lipinski definition) is 1. The van der Waals surface area contributed by atoms with Crippen LogP contribution in [0.15, 0.2) is 12.4 Å². The van der Waals surface area contributed by atoms with Crippen molar-refractivity contribution in [1.82, 2.24) is 9.55 Å². The van der Waals surface area contributed by atoms with E-state index in [1.54, 1.807) is 6.20 Å². The lowest BCUT2D eigenvalue weighted by Gasteiger charge is -2.08. The molecule has 0 bridgehead atoms. The SMILES string of the molecule is CC(C)n1ccnc1CCl. The fourth-order valence-electron chi connectivity index (χ4n) is 0.918. The number of aromatic nitrogens is 2. The highest BCUT2D eigenvalue weighted by molar-refractivity contribution is 6.16. The van der Waals surface area contributed by atoms with E-state index in [-0.39, 0.29) is 0 Å². The third kappa shape index (κ3) is 1.32. The molecule has 0 aliphatic heterocycles. The summed E-state index contributed by atoms with van der Waals surface area (Å²) in [7, 11) is 0. The van der Waals surface area contributed by atoms with Crippen molar-refractivity contribution in [2.45, 2.75) is 25.8 Å². The van der Waals surface area contributed by atoms with Gasteiger partial charge >= 0.3 is 0 Å². The van der Waals surface area contributed by atoms with Crippen molar-refractivity contribution in [3.05, 3.63) is 18.2 Å². The van der Waals surface area contributed by atoms with Crippen LogP contribution in [0.3, 0.4) is 0 Å². The maximum absolute atomic E-state index is 5.63. The van der Waals surface area contributed by atoms with Gasteiger partial charge in [0.05, 0.1) is 5.88 Å². The molecule has 0 atom stereocenters. The fourth-order valence-corrected chi connectivity index (χ4v) is 1.12. The zero-order valence-electron chi connectivity index (χ0n) is 6.21. The Morgan fingerprint density at radius 3 is 2.80 bits per heavy atom. The summed E-state index contributed by atoms with van der Waals surface area (Å²) in [6.45, 7) is 4.22. The number of rotatable bonds is 2. The van der Waals surface area contributed by atoms with Crippen molar-refractivity contribution in [2.75, 3.05) is 0 Å². The molecule has 0 aromatic carbocycles. The van der Waals surface area contributed by atoms with Gasteiger partial charge in [-0.1, -0.05) is 0 Å². The number of halogens is 1. The molecule has 1 rings (SSSR count). The predicted molar refractivity (Wildman–Crippen MR) is 42.2 cm³/mol. The molecule has 10 heavy (non-hydrogen) atoms. The van der Waals surface area contributed by atoms with Crippen LogP contribution in [0.25, 0.3) is 0 Å². The summed E-state index contributed by atoms with van der Waals surface area (Å²) in [6.07, 6.45) is 3.72. The molecule has 1 aromatic heterocycles. The van der Waals surface area contributed by atoms with E-state index in [9.17, 15) is 0 Å². The Labute approximate surface area is 65.8 Å². The Balaban J connectivity index is 2.90. The molecule has 1 aromatic rings. The number of nitrogens with zero attached hydrogens (tertiary/aromatic N) is 2. The van der Waals surface area contributed by atoms with Gasteiger partial charge in [-0.05, 0) is 13.8 Å². The van der Waals surface area contributed by atoms with Crippen LogP contribution >= 0.6 is 11.6 Å². The molecule has 56 valence electrons. The van der Waals surface area contributed by atoms with E-state index >= 15 is 0 Å². The van der Waals surface area contributed by atoms with Crippen LogP contribution in [0.1, 0.15) is 25.7 Å². The van der Waals surface area contributed by atoms with Gasteiger partial charge < -0.3 is 4.57 Å². The van der Waals surface area contributed by atoms with Crippen LogP contribution in [0.2, 0.25) is 0 Å². The van der Waals surface area contributed by atoms with Crippen molar-refractivity contribution in [3.63, 3.8) is 0 Å². The molecule has 3 heteroatoms. The second kappa shape index (κ2) is 3.06. The summed E-state index contributed by atoms with van der Waals surface area (Å²) < 4.78 is 2.06. The summed E-state index contributed by atoms with van der Waals surface area (Å²) in [4.78, 5) is 4.09. The van der Waals surface area contributed by atoms with E-state index in [0.29, 0.717) is 11.9 Å². The largest absolute Gasteiger partial charge is 0.331 e. The standard InChI is InChI=1S/C7H11ClN2/c1-6(2)10-4-3-9-7(10)5-8/h3-4,6H,5H2,1-2H3. The second-order valence-electron chi connectivity index (χ2n) is 2.48. The van der Waals surface area contributed by atoms with E-state index in [2.05, 4.69) is 23.4 Å². The second-order valence-corrected chi connectivity index (χ2v) is 2.75. The topological polar surface area (TPSA) is 17.8 Å². The molecule has 0 amide bonds. The normalized spacial score (nSPS) is 10.8. The van der Waals surface area contributed by atoms with Gasteiger partial charge in [-0.3, -0.25) is 0 Å². The Hall–Kier alpha value is -0.500. The molecule has 0 unspecified atom stereocenters. The first-order chi connectivity index (χ1) is 4.75. The average Bonchev–Trinajstić information content (AvgIpc) is 2.33. The summed E-state index contributed by atoms with van der Waals surface area (Å²) in [5.41, 5.74) is 0. The predicted octanol–water partition coefficient (Wildman–Crippen LogP) is 2.20. The quantitative estimate of drug-likeness (QED) is 0.604. The van der Waals surface area contributed by atoms with Crippen LogP contribution in [0.4, 0.5) is 0 Å². The van der Waals surface area contributed by atoms with Crippen LogP contribution in [-0.4, -0.2) is 9.55 Å². The van der Waals surface area contributed by atoms with Gasteiger partial charge in [-0.2, -0.15) is 0 Å². The van der Waals surface area contributed by atoms with Crippen molar-refractivity contribution in [3.8, 4) is 0 Å². The highest BCUT2D eigenvalue weighted by atomic mass is 35.5. The van der Waals surface area contributed by atoms with E-state index < -0.39 is 0 Å².